The van der Waals surface area contributed by atoms with Crippen LogP contribution in [0.25, 0.3) is 0 Å². The second-order valence-corrected chi connectivity index (χ2v) is 5.79. The topological polar surface area (TPSA) is 41.5 Å². The molecule has 3 nitrogen and oxygen atoms in total. The number of aliphatic hydroxyl groups is 1. The molecular weight excluding hydrogens is 250 g/mol. The summed E-state index contributed by atoms with van der Waals surface area (Å²) in [5, 5.41) is 14.0. The van der Waals surface area contributed by atoms with E-state index in [2.05, 4.69) is 17.4 Å². The van der Waals surface area contributed by atoms with E-state index in [1.807, 2.05) is 19.9 Å². The zero-order chi connectivity index (χ0) is 14.6. The highest BCUT2D eigenvalue weighted by Crippen LogP contribution is 2.35. The van der Waals surface area contributed by atoms with Crippen molar-refractivity contribution in [2.24, 2.45) is 0 Å². The van der Waals surface area contributed by atoms with Crippen molar-refractivity contribution in [3.8, 4) is 5.75 Å². The molecule has 0 bridgehead atoms. The van der Waals surface area contributed by atoms with Gasteiger partial charge >= 0.3 is 0 Å². The van der Waals surface area contributed by atoms with Gasteiger partial charge in [0.05, 0.1) is 12.7 Å². The van der Waals surface area contributed by atoms with Crippen LogP contribution in [0.2, 0.25) is 0 Å². The lowest BCUT2D eigenvalue weighted by molar-refractivity contribution is 0.0292. The van der Waals surface area contributed by atoms with E-state index in [0.29, 0.717) is 12.6 Å². The lowest BCUT2D eigenvalue weighted by Crippen LogP contribution is -2.41. The zero-order valence-corrected chi connectivity index (χ0v) is 12.9. The van der Waals surface area contributed by atoms with Gasteiger partial charge in [-0.2, -0.15) is 0 Å². The Kier molecular flexibility index (Phi) is 5.06. The number of nitrogens with one attached hydrogen (secondary N) is 1. The van der Waals surface area contributed by atoms with Crippen molar-refractivity contribution in [3.05, 3.63) is 29.3 Å². The van der Waals surface area contributed by atoms with Gasteiger partial charge in [-0.25, -0.2) is 0 Å². The molecule has 0 saturated carbocycles. The number of ether oxygens (including phenoxy) is 1. The van der Waals surface area contributed by atoms with Gasteiger partial charge < -0.3 is 15.2 Å². The third-order valence-electron chi connectivity index (χ3n) is 4.68. The van der Waals surface area contributed by atoms with Gasteiger partial charge in [0.25, 0.3) is 0 Å². The molecule has 0 heterocycles. The average molecular weight is 277 g/mol. The predicted octanol–water partition coefficient (Wildman–Crippen LogP) is 3.21. The molecule has 3 heteroatoms. The number of hydrogen-bond donors (Lipinski definition) is 2. The Bertz CT molecular complexity index is 441. The van der Waals surface area contributed by atoms with Crippen molar-refractivity contribution in [2.45, 2.75) is 57.6 Å². The summed E-state index contributed by atoms with van der Waals surface area (Å²) in [5.74, 6) is 0.996. The van der Waals surface area contributed by atoms with Gasteiger partial charge in [0.2, 0.25) is 0 Å². The highest BCUT2D eigenvalue weighted by molar-refractivity contribution is 5.43. The molecule has 0 radical (unpaired) electrons. The van der Waals surface area contributed by atoms with Gasteiger partial charge in [0.1, 0.15) is 5.75 Å². The summed E-state index contributed by atoms with van der Waals surface area (Å²) in [6.07, 6.45) is 4.96. The second kappa shape index (κ2) is 6.59. The van der Waals surface area contributed by atoms with Crippen LogP contribution < -0.4 is 10.1 Å². The number of methoxy groups -OCH3 is 1. The predicted molar refractivity (Wildman–Crippen MR) is 82.2 cm³/mol. The Morgan fingerprint density at radius 3 is 2.75 bits per heavy atom. The van der Waals surface area contributed by atoms with Crippen LogP contribution >= 0.6 is 0 Å². The van der Waals surface area contributed by atoms with Crippen molar-refractivity contribution in [2.75, 3.05) is 13.7 Å². The zero-order valence-electron chi connectivity index (χ0n) is 12.9. The number of fused-ring (bicyclic) bond motifs is 1. The minimum Gasteiger partial charge on any atom is -0.496 e. The van der Waals surface area contributed by atoms with Crippen LogP contribution in [0.1, 0.15) is 56.7 Å². The summed E-state index contributed by atoms with van der Waals surface area (Å²) in [4.78, 5) is 0. The monoisotopic (exact) mass is 277 g/mol. The van der Waals surface area contributed by atoms with Crippen LogP contribution in [-0.4, -0.2) is 24.4 Å². The Balaban J connectivity index is 2.13. The first-order valence-electron chi connectivity index (χ1n) is 7.75. The average Bonchev–Trinajstić information content (AvgIpc) is 2.51. The molecule has 1 aromatic carbocycles. The molecule has 1 atom stereocenters. The summed E-state index contributed by atoms with van der Waals surface area (Å²) < 4.78 is 5.47. The highest BCUT2D eigenvalue weighted by atomic mass is 16.5. The molecule has 2 rings (SSSR count). The van der Waals surface area contributed by atoms with Gasteiger partial charge in [0.15, 0.2) is 0 Å². The summed E-state index contributed by atoms with van der Waals surface area (Å²) in [7, 11) is 1.74. The standard InChI is InChI=1S/C17H27NO2/c1-4-17(19,5-2)12-18-15-10-6-9-14-13(15)8-7-11-16(14)20-3/h7-8,11,15,18-19H,4-6,9-10,12H2,1-3H3. The SMILES string of the molecule is CCC(O)(CC)CNC1CCCc2c(OC)cccc21. The van der Waals surface area contributed by atoms with Crippen molar-refractivity contribution in [3.63, 3.8) is 0 Å². The van der Waals surface area contributed by atoms with Crippen molar-refractivity contribution >= 4 is 0 Å². The van der Waals surface area contributed by atoms with Crippen molar-refractivity contribution in [1.29, 1.82) is 0 Å². The fraction of sp³-hybridized carbons (Fsp3) is 0.647. The summed E-state index contributed by atoms with van der Waals surface area (Å²) in [6, 6.07) is 6.61. The number of rotatable bonds is 6. The van der Waals surface area contributed by atoms with E-state index in [1.165, 1.54) is 17.5 Å². The molecule has 1 aliphatic carbocycles. The molecule has 1 aliphatic rings. The molecule has 1 unspecified atom stereocenters. The highest BCUT2D eigenvalue weighted by Gasteiger charge is 2.27. The van der Waals surface area contributed by atoms with E-state index < -0.39 is 5.60 Å². The Morgan fingerprint density at radius 1 is 1.35 bits per heavy atom. The first-order chi connectivity index (χ1) is 9.63. The Morgan fingerprint density at radius 2 is 2.10 bits per heavy atom. The van der Waals surface area contributed by atoms with E-state index in [4.69, 9.17) is 4.74 Å². The van der Waals surface area contributed by atoms with Gasteiger partial charge in [-0.1, -0.05) is 26.0 Å². The molecular formula is C17H27NO2. The quantitative estimate of drug-likeness (QED) is 0.839. The van der Waals surface area contributed by atoms with Crippen LogP contribution in [0.3, 0.4) is 0 Å². The molecule has 20 heavy (non-hydrogen) atoms. The van der Waals surface area contributed by atoms with E-state index in [0.717, 1.165) is 31.4 Å². The molecule has 0 aliphatic heterocycles. The van der Waals surface area contributed by atoms with Crippen LogP contribution in [0.4, 0.5) is 0 Å². The fourth-order valence-electron chi connectivity index (χ4n) is 3.03. The Labute approximate surface area is 122 Å². The van der Waals surface area contributed by atoms with E-state index >= 15 is 0 Å². The third kappa shape index (κ3) is 3.15. The summed E-state index contributed by atoms with van der Waals surface area (Å²) in [6.45, 7) is 4.74. The molecule has 0 fully saturated rings. The van der Waals surface area contributed by atoms with Gasteiger partial charge in [-0.15, -0.1) is 0 Å². The lowest BCUT2D eigenvalue weighted by atomic mass is 9.86. The second-order valence-electron chi connectivity index (χ2n) is 5.79. The maximum atomic E-state index is 10.4. The largest absolute Gasteiger partial charge is 0.496 e. The maximum Gasteiger partial charge on any atom is 0.122 e. The molecule has 112 valence electrons. The first kappa shape index (κ1) is 15.3. The van der Waals surface area contributed by atoms with Crippen LogP contribution in [0.15, 0.2) is 18.2 Å². The third-order valence-corrected chi connectivity index (χ3v) is 4.68. The summed E-state index contributed by atoms with van der Waals surface area (Å²) in [5.41, 5.74) is 2.08. The van der Waals surface area contributed by atoms with E-state index in [9.17, 15) is 5.11 Å². The van der Waals surface area contributed by atoms with Gasteiger partial charge in [-0.3, -0.25) is 0 Å². The number of benzene rings is 1. The molecule has 0 aromatic heterocycles. The molecule has 1 aromatic rings. The molecule has 0 saturated heterocycles. The lowest BCUT2D eigenvalue weighted by Gasteiger charge is -2.32. The van der Waals surface area contributed by atoms with Gasteiger partial charge in [0, 0.05) is 12.6 Å². The van der Waals surface area contributed by atoms with Crippen LogP contribution in [0, 0.1) is 0 Å². The van der Waals surface area contributed by atoms with Gasteiger partial charge in [-0.05, 0) is 49.3 Å². The van der Waals surface area contributed by atoms with Crippen molar-refractivity contribution in [1.82, 2.24) is 5.32 Å². The minimum atomic E-state index is -0.587. The van der Waals surface area contributed by atoms with E-state index in [1.54, 1.807) is 7.11 Å². The molecule has 0 spiro atoms. The van der Waals surface area contributed by atoms with E-state index in [-0.39, 0.29) is 0 Å². The van der Waals surface area contributed by atoms with Crippen LogP contribution in [0.5, 0.6) is 5.75 Å². The number of hydrogen-bond acceptors (Lipinski definition) is 3. The van der Waals surface area contributed by atoms with Crippen molar-refractivity contribution < 1.29 is 9.84 Å². The Hall–Kier alpha value is -1.06. The first-order valence-corrected chi connectivity index (χ1v) is 7.75. The maximum absolute atomic E-state index is 10.4. The van der Waals surface area contributed by atoms with Crippen LogP contribution in [-0.2, 0) is 6.42 Å². The smallest absolute Gasteiger partial charge is 0.122 e. The normalized spacial score (nSPS) is 18.7. The molecule has 2 N–H and O–H groups in total. The summed E-state index contributed by atoms with van der Waals surface area (Å²) >= 11 is 0. The molecule has 0 amide bonds. The minimum absolute atomic E-state index is 0.332. The fourth-order valence-corrected chi connectivity index (χ4v) is 3.03.